The number of nitrogens with one attached hydrogen (secondary N) is 2. The van der Waals surface area contributed by atoms with Crippen LogP contribution in [0.3, 0.4) is 0 Å². The summed E-state index contributed by atoms with van der Waals surface area (Å²) in [5.74, 6) is -0.169. The van der Waals surface area contributed by atoms with Gasteiger partial charge >= 0.3 is 6.03 Å². The zero-order chi connectivity index (χ0) is 20.2. The molecule has 156 valence electrons. The minimum atomic E-state index is -0.729. The van der Waals surface area contributed by atoms with Gasteiger partial charge in [-0.2, -0.15) is 0 Å². The molecule has 4 N–H and O–H groups in total. The molecule has 0 spiro atoms. The minimum Gasteiger partial charge on any atom is -0.350 e. The van der Waals surface area contributed by atoms with Crippen molar-refractivity contribution in [2.75, 3.05) is 11.4 Å². The van der Waals surface area contributed by atoms with Crippen molar-refractivity contribution in [3.05, 3.63) is 29.3 Å². The molecule has 4 amide bonds. The summed E-state index contributed by atoms with van der Waals surface area (Å²) in [6.07, 6.45) is 1.11. The lowest BCUT2D eigenvalue weighted by atomic mass is 9.90. The third-order valence-electron chi connectivity index (χ3n) is 4.51. The SMILES string of the molecule is CC(C)CC(C)(CN)NC(=O)CCC1NC(=O)N(c2ccc(Cl)cc2)C1=O.Cl. The highest BCUT2D eigenvalue weighted by Crippen LogP contribution is 2.23. The molecule has 2 atom stereocenters. The van der Waals surface area contributed by atoms with Crippen LogP contribution in [0.1, 0.15) is 40.0 Å². The molecule has 2 rings (SSSR count). The third kappa shape index (κ3) is 6.09. The number of imide groups is 1. The molecular weight excluding hydrogens is 403 g/mol. The number of carbonyl (C=O) groups is 3. The molecule has 0 radical (unpaired) electrons. The van der Waals surface area contributed by atoms with Crippen LogP contribution >= 0.6 is 24.0 Å². The van der Waals surface area contributed by atoms with Gasteiger partial charge in [-0.15, -0.1) is 12.4 Å². The lowest BCUT2D eigenvalue weighted by molar-refractivity contribution is -0.123. The van der Waals surface area contributed by atoms with E-state index in [0.29, 0.717) is 23.2 Å². The first-order valence-electron chi connectivity index (χ1n) is 9.06. The number of anilines is 1. The van der Waals surface area contributed by atoms with E-state index in [1.807, 2.05) is 6.92 Å². The van der Waals surface area contributed by atoms with Crippen molar-refractivity contribution in [2.45, 2.75) is 51.6 Å². The molecule has 2 unspecified atom stereocenters. The molecule has 0 aromatic heterocycles. The molecule has 0 aliphatic carbocycles. The summed E-state index contributed by atoms with van der Waals surface area (Å²) >= 11 is 5.84. The van der Waals surface area contributed by atoms with Crippen LogP contribution in [-0.4, -0.2) is 36.0 Å². The van der Waals surface area contributed by atoms with Gasteiger partial charge in [0.15, 0.2) is 0 Å². The van der Waals surface area contributed by atoms with Gasteiger partial charge in [-0.25, -0.2) is 9.69 Å². The number of nitrogens with two attached hydrogens (primary N) is 1. The fourth-order valence-corrected chi connectivity index (χ4v) is 3.45. The molecule has 0 bridgehead atoms. The summed E-state index contributed by atoms with van der Waals surface area (Å²) in [6.45, 7) is 6.38. The summed E-state index contributed by atoms with van der Waals surface area (Å²) in [7, 11) is 0. The highest BCUT2D eigenvalue weighted by atomic mass is 35.5. The van der Waals surface area contributed by atoms with Crippen LogP contribution in [0.2, 0.25) is 5.02 Å². The lowest BCUT2D eigenvalue weighted by Crippen LogP contribution is -2.52. The predicted molar refractivity (Wildman–Crippen MR) is 113 cm³/mol. The van der Waals surface area contributed by atoms with E-state index in [1.54, 1.807) is 24.3 Å². The van der Waals surface area contributed by atoms with Gasteiger partial charge in [-0.1, -0.05) is 25.4 Å². The van der Waals surface area contributed by atoms with Crippen LogP contribution in [0.5, 0.6) is 0 Å². The zero-order valence-electron chi connectivity index (χ0n) is 16.3. The minimum absolute atomic E-state index is 0. The Morgan fingerprint density at radius 3 is 2.46 bits per heavy atom. The first-order chi connectivity index (χ1) is 12.6. The maximum absolute atomic E-state index is 12.6. The van der Waals surface area contributed by atoms with E-state index in [2.05, 4.69) is 24.5 Å². The topological polar surface area (TPSA) is 105 Å². The molecule has 7 nitrogen and oxygen atoms in total. The number of nitrogens with zero attached hydrogens (tertiary/aromatic N) is 1. The smallest absolute Gasteiger partial charge is 0.329 e. The molecule has 1 saturated heterocycles. The number of amides is 4. The largest absolute Gasteiger partial charge is 0.350 e. The van der Waals surface area contributed by atoms with Crippen molar-refractivity contribution in [3.8, 4) is 0 Å². The van der Waals surface area contributed by atoms with Crippen molar-refractivity contribution >= 4 is 47.5 Å². The van der Waals surface area contributed by atoms with E-state index < -0.39 is 17.6 Å². The van der Waals surface area contributed by atoms with Gasteiger partial charge in [0.25, 0.3) is 5.91 Å². The Bertz CT molecular complexity index is 712. The molecule has 28 heavy (non-hydrogen) atoms. The standard InChI is InChI=1S/C19H27ClN4O3.ClH/c1-12(2)10-19(3,11-21)23-16(25)9-8-15-17(26)24(18(27)22-15)14-6-4-13(20)5-7-14;/h4-7,12,15H,8-11,21H2,1-3H3,(H,22,27)(H,23,25);1H. The number of hydrogen-bond donors (Lipinski definition) is 3. The molecule has 1 fully saturated rings. The third-order valence-corrected chi connectivity index (χ3v) is 4.77. The van der Waals surface area contributed by atoms with Crippen LogP contribution in [-0.2, 0) is 9.59 Å². The lowest BCUT2D eigenvalue weighted by Gasteiger charge is -2.31. The summed E-state index contributed by atoms with van der Waals surface area (Å²) < 4.78 is 0. The number of rotatable bonds is 8. The summed E-state index contributed by atoms with van der Waals surface area (Å²) in [5.41, 5.74) is 5.78. The van der Waals surface area contributed by atoms with Gasteiger partial charge < -0.3 is 16.4 Å². The van der Waals surface area contributed by atoms with E-state index in [0.717, 1.165) is 11.3 Å². The van der Waals surface area contributed by atoms with Crippen molar-refractivity contribution in [2.24, 2.45) is 11.7 Å². The Balaban J connectivity index is 0.00000392. The molecule has 0 saturated carbocycles. The van der Waals surface area contributed by atoms with Crippen LogP contribution in [0.25, 0.3) is 0 Å². The summed E-state index contributed by atoms with van der Waals surface area (Å²) in [4.78, 5) is 38.1. The molecule has 1 heterocycles. The number of urea groups is 1. The maximum atomic E-state index is 12.6. The average Bonchev–Trinajstić information content (AvgIpc) is 2.87. The van der Waals surface area contributed by atoms with Crippen molar-refractivity contribution < 1.29 is 14.4 Å². The molecule has 1 aliphatic heterocycles. The van der Waals surface area contributed by atoms with E-state index in [-0.39, 0.29) is 37.1 Å². The fourth-order valence-electron chi connectivity index (χ4n) is 3.32. The highest BCUT2D eigenvalue weighted by molar-refractivity contribution is 6.30. The molecule has 1 aromatic rings. The van der Waals surface area contributed by atoms with E-state index in [9.17, 15) is 14.4 Å². The van der Waals surface area contributed by atoms with Gasteiger partial charge in [0.05, 0.1) is 5.69 Å². The highest BCUT2D eigenvalue weighted by Gasteiger charge is 2.39. The Labute approximate surface area is 176 Å². The average molecular weight is 431 g/mol. The second-order valence-corrected chi connectivity index (χ2v) is 8.04. The summed E-state index contributed by atoms with van der Waals surface area (Å²) in [6, 6.07) is 5.20. The monoisotopic (exact) mass is 430 g/mol. The Hall–Kier alpha value is -1.83. The van der Waals surface area contributed by atoms with Gasteiger partial charge in [-0.3, -0.25) is 9.59 Å². The molecule has 9 heteroatoms. The Morgan fingerprint density at radius 1 is 1.32 bits per heavy atom. The number of hydrogen-bond acceptors (Lipinski definition) is 4. The van der Waals surface area contributed by atoms with E-state index in [1.165, 1.54) is 0 Å². The molecular formula is C19H28Cl2N4O3. The van der Waals surface area contributed by atoms with Crippen LogP contribution in [0.4, 0.5) is 10.5 Å². The van der Waals surface area contributed by atoms with Gasteiger partial charge in [0, 0.05) is 23.5 Å². The first-order valence-corrected chi connectivity index (χ1v) is 9.44. The van der Waals surface area contributed by atoms with Crippen molar-refractivity contribution in [3.63, 3.8) is 0 Å². The zero-order valence-corrected chi connectivity index (χ0v) is 17.9. The number of benzene rings is 1. The first kappa shape index (κ1) is 24.2. The van der Waals surface area contributed by atoms with Crippen molar-refractivity contribution in [1.29, 1.82) is 0 Å². The van der Waals surface area contributed by atoms with Gasteiger partial charge in [0.1, 0.15) is 6.04 Å². The van der Waals surface area contributed by atoms with Crippen molar-refractivity contribution in [1.82, 2.24) is 10.6 Å². The predicted octanol–water partition coefficient (Wildman–Crippen LogP) is 2.85. The van der Waals surface area contributed by atoms with Crippen LogP contribution < -0.4 is 21.3 Å². The molecule has 1 aliphatic rings. The Kier molecular flexibility index (Phi) is 8.73. The number of carbonyl (C=O) groups excluding carboxylic acids is 3. The maximum Gasteiger partial charge on any atom is 0.329 e. The van der Waals surface area contributed by atoms with Gasteiger partial charge in [-0.05, 0) is 49.9 Å². The normalized spacial score (nSPS) is 18.5. The molecule has 1 aromatic carbocycles. The quantitative estimate of drug-likeness (QED) is 0.551. The second kappa shape index (κ2) is 10.1. The summed E-state index contributed by atoms with van der Waals surface area (Å²) in [5, 5.41) is 6.11. The van der Waals surface area contributed by atoms with Gasteiger partial charge in [0.2, 0.25) is 5.91 Å². The van der Waals surface area contributed by atoms with Crippen LogP contribution in [0.15, 0.2) is 24.3 Å². The number of halogens is 2. The van der Waals surface area contributed by atoms with Crippen LogP contribution in [0, 0.1) is 5.92 Å². The van der Waals surface area contributed by atoms with E-state index >= 15 is 0 Å². The second-order valence-electron chi connectivity index (χ2n) is 7.60. The fraction of sp³-hybridized carbons (Fsp3) is 0.526. The van der Waals surface area contributed by atoms with E-state index in [4.69, 9.17) is 17.3 Å². The Morgan fingerprint density at radius 2 is 1.93 bits per heavy atom.